The van der Waals surface area contributed by atoms with E-state index < -0.39 is 0 Å². The van der Waals surface area contributed by atoms with E-state index in [2.05, 4.69) is 20.6 Å². The average molecular weight is 370 g/mol. The molecule has 26 heavy (non-hydrogen) atoms. The van der Waals surface area contributed by atoms with Crippen LogP contribution in [0.2, 0.25) is 0 Å². The molecule has 0 radical (unpaired) electrons. The summed E-state index contributed by atoms with van der Waals surface area (Å²) in [6.45, 7) is 4.12. The van der Waals surface area contributed by atoms with E-state index in [9.17, 15) is 4.79 Å². The summed E-state index contributed by atoms with van der Waals surface area (Å²) in [4.78, 5) is 23.1. The summed E-state index contributed by atoms with van der Waals surface area (Å²) in [5.74, 6) is 0.923. The predicted molar refractivity (Wildman–Crippen MR) is 101 cm³/mol. The molecule has 2 fully saturated rings. The van der Waals surface area contributed by atoms with Crippen molar-refractivity contribution < 1.29 is 9.53 Å². The second kappa shape index (κ2) is 6.03. The molecule has 2 aromatic rings. The number of rotatable bonds is 3. The van der Waals surface area contributed by atoms with Crippen LogP contribution < -0.4 is 10.2 Å². The van der Waals surface area contributed by atoms with Crippen LogP contribution in [0, 0.1) is 0 Å². The van der Waals surface area contributed by atoms with Gasteiger partial charge in [-0.3, -0.25) is 4.79 Å². The second-order valence-electron chi connectivity index (χ2n) is 7.60. The van der Waals surface area contributed by atoms with Crippen molar-refractivity contribution >= 4 is 33.9 Å². The summed E-state index contributed by atoms with van der Waals surface area (Å²) in [6, 6.07) is 1.99. The van der Waals surface area contributed by atoms with Gasteiger partial charge in [0.15, 0.2) is 5.13 Å². The van der Waals surface area contributed by atoms with Gasteiger partial charge >= 0.3 is 0 Å². The first-order valence-electron chi connectivity index (χ1n) is 9.23. The van der Waals surface area contributed by atoms with E-state index in [-0.39, 0.29) is 11.3 Å². The van der Waals surface area contributed by atoms with E-state index in [1.807, 2.05) is 12.3 Å². The molecule has 4 heterocycles. The van der Waals surface area contributed by atoms with Gasteiger partial charge in [-0.05, 0) is 25.7 Å². The Bertz CT molecular complexity index is 855. The van der Waals surface area contributed by atoms with Crippen molar-refractivity contribution in [2.45, 2.75) is 43.9 Å². The Kier molecular flexibility index (Phi) is 3.76. The molecule has 1 unspecified atom stereocenters. The van der Waals surface area contributed by atoms with Crippen LogP contribution in [0.25, 0.3) is 0 Å². The zero-order valence-electron chi connectivity index (χ0n) is 14.8. The second-order valence-corrected chi connectivity index (χ2v) is 8.44. The quantitative estimate of drug-likeness (QED) is 0.895. The van der Waals surface area contributed by atoms with Gasteiger partial charge in [0.1, 0.15) is 5.82 Å². The van der Waals surface area contributed by atoms with Crippen molar-refractivity contribution in [1.82, 2.24) is 9.97 Å². The first-order valence-corrected chi connectivity index (χ1v) is 10.1. The minimum Gasteiger partial charge on any atom is -0.381 e. The Balaban J connectivity index is 1.47. The molecule has 5 rings (SSSR count). The van der Waals surface area contributed by atoms with E-state index in [0.29, 0.717) is 11.7 Å². The molecule has 3 aliphatic rings. The monoisotopic (exact) mass is 370 g/mol. The Morgan fingerprint density at radius 1 is 1.46 bits per heavy atom. The zero-order chi connectivity index (χ0) is 17.7. The normalized spacial score (nSPS) is 23.1. The largest absolute Gasteiger partial charge is 0.381 e. The van der Waals surface area contributed by atoms with Gasteiger partial charge in [-0.15, -0.1) is 11.3 Å². The average Bonchev–Trinajstić information content (AvgIpc) is 3.12. The van der Waals surface area contributed by atoms with Crippen LogP contribution in [0.5, 0.6) is 0 Å². The summed E-state index contributed by atoms with van der Waals surface area (Å²) < 4.78 is 5.63. The Labute approximate surface area is 156 Å². The summed E-state index contributed by atoms with van der Waals surface area (Å²) in [5.41, 5.74) is 3.82. The lowest BCUT2D eigenvalue weighted by atomic mass is 10.00. The zero-order valence-corrected chi connectivity index (χ0v) is 15.6. The maximum absolute atomic E-state index is 11.4. The molecule has 1 spiro atoms. The number of hydrogen-bond donors (Lipinski definition) is 1. The van der Waals surface area contributed by atoms with Gasteiger partial charge in [0.2, 0.25) is 5.91 Å². The molecule has 7 heteroatoms. The minimum atomic E-state index is -0.100. The number of amides is 1. The van der Waals surface area contributed by atoms with E-state index in [1.54, 1.807) is 11.3 Å². The number of ether oxygens (including phenoxy) is 1. The van der Waals surface area contributed by atoms with Crippen molar-refractivity contribution in [3.63, 3.8) is 0 Å². The van der Waals surface area contributed by atoms with E-state index in [1.165, 1.54) is 25.3 Å². The highest BCUT2D eigenvalue weighted by atomic mass is 32.1. The highest BCUT2D eigenvalue weighted by molar-refractivity contribution is 7.13. The first kappa shape index (κ1) is 16.2. The SMILES string of the molecule is CC(=O)Nc1cc2c(cn1)C1(CC1)CN2c1nc(C2CCCOC2)cs1. The number of aromatic nitrogens is 2. The van der Waals surface area contributed by atoms with Crippen LogP contribution in [0.4, 0.5) is 16.6 Å². The van der Waals surface area contributed by atoms with Gasteiger partial charge in [0.25, 0.3) is 0 Å². The summed E-state index contributed by atoms with van der Waals surface area (Å²) in [5, 5.41) is 6.02. The van der Waals surface area contributed by atoms with E-state index >= 15 is 0 Å². The molecule has 6 nitrogen and oxygen atoms in total. The summed E-state index contributed by atoms with van der Waals surface area (Å²) >= 11 is 1.70. The molecule has 2 aliphatic heterocycles. The Hall–Kier alpha value is -1.99. The van der Waals surface area contributed by atoms with Crippen LogP contribution in [0.3, 0.4) is 0 Å². The van der Waals surface area contributed by atoms with E-state index in [0.717, 1.165) is 49.1 Å². The van der Waals surface area contributed by atoms with Gasteiger partial charge in [0, 0.05) is 54.6 Å². The molecule has 0 aromatic carbocycles. The number of nitrogens with one attached hydrogen (secondary N) is 1. The van der Waals surface area contributed by atoms with Crippen molar-refractivity contribution in [3.05, 3.63) is 28.9 Å². The third-order valence-corrected chi connectivity index (χ3v) is 6.56. The molecular formula is C19H22N4O2S. The Morgan fingerprint density at radius 3 is 3.08 bits per heavy atom. The van der Waals surface area contributed by atoms with Crippen LogP contribution in [-0.4, -0.2) is 35.6 Å². The fourth-order valence-corrected chi connectivity index (χ4v) is 5.03. The summed E-state index contributed by atoms with van der Waals surface area (Å²) in [7, 11) is 0. The highest BCUT2D eigenvalue weighted by Gasteiger charge is 2.52. The van der Waals surface area contributed by atoms with Crippen LogP contribution in [-0.2, 0) is 14.9 Å². The smallest absolute Gasteiger partial charge is 0.222 e. The van der Waals surface area contributed by atoms with Crippen molar-refractivity contribution in [3.8, 4) is 0 Å². The number of anilines is 3. The number of nitrogens with zero attached hydrogens (tertiary/aromatic N) is 3. The number of thiazole rings is 1. The highest BCUT2D eigenvalue weighted by Crippen LogP contribution is 2.58. The standard InChI is InChI=1S/C19H22N4O2S/c1-12(24)21-17-7-16-14(8-20-17)19(4-5-19)11-23(16)18-22-15(10-26-18)13-3-2-6-25-9-13/h7-8,10,13H,2-6,9,11H2,1H3,(H,20,21,24). The lowest BCUT2D eigenvalue weighted by Crippen LogP contribution is -2.20. The lowest BCUT2D eigenvalue weighted by molar-refractivity contribution is -0.114. The van der Waals surface area contributed by atoms with Crippen molar-refractivity contribution in [2.75, 3.05) is 30.0 Å². The molecule has 1 saturated carbocycles. The fourth-order valence-electron chi connectivity index (χ4n) is 4.11. The number of carbonyl (C=O) groups excluding carboxylic acids is 1. The van der Waals surface area contributed by atoms with Gasteiger partial charge < -0.3 is 15.0 Å². The molecule has 136 valence electrons. The number of pyridine rings is 1. The van der Waals surface area contributed by atoms with Crippen molar-refractivity contribution in [1.29, 1.82) is 0 Å². The van der Waals surface area contributed by atoms with Gasteiger partial charge in [-0.1, -0.05) is 0 Å². The van der Waals surface area contributed by atoms with E-state index in [4.69, 9.17) is 9.72 Å². The molecule has 0 bridgehead atoms. The number of hydrogen-bond acceptors (Lipinski definition) is 6. The van der Waals surface area contributed by atoms with Crippen LogP contribution in [0.15, 0.2) is 17.6 Å². The molecular weight excluding hydrogens is 348 g/mol. The number of fused-ring (bicyclic) bond motifs is 2. The molecule has 1 aliphatic carbocycles. The maximum atomic E-state index is 11.4. The predicted octanol–water partition coefficient (Wildman–Crippen LogP) is 3.57. The minimum absolute atomic E-state index is 0.100. The summed E-state index contributed by atoms with van der Waals surface area (Å²) in [6.07, 6.45) is 6.61. The van der Waals surface area contributed by atoms with Crippen LogP contribution in [0.1, 0.15) is 49.8 Å². The van der Waals surface area contributed by atoms with Gasteiger partial charge in [0.05, 0.1) is 18.0 Å². The maximum Gasteiger partial charge on any atom is 0.222 e. The number of carbonyl (C=O) groups is 1. The van der Waals surface area contributed by atoms with Crippen LogP contribution >= 0.6 is 11.3 Å². The van der Waals surface area contributed by atoms with Crippen molar-refractivity contribution in [2.24, 2.45) is 0 Å². The molecule has 1 N–H and O–H groups in total. The molecule has 1 amide bonds. The fraction of sp³-hybridized carbons (Fsp3) is 0.526. The third-order valence-electron chi connectivity index (χ3n) is 5.68. The third kappa shape index (κ3) is 2.70. The molecule has 1 atom stereocenters. The molecule has 1 saturated heterocycles. The van der Waals surface area contributed by atoms with Gasteiger partial charge in [-0.2, -0.15) is 0 Å². The first-order chi connectivity index (χ1) is 12.6. The Morgan fingerprint density at radius 2 is 2.35 bits per heavy atom. The lowest BCUT2D eigenvalue weighted by Gasteiger charge is -2.20. The van der Waals surface area contributed by atoms with Gasteiger partial charge in [-0.25, -0.2) is 9.97 Å². The topological polar surface area (TPSA) is 67.4 Å². The molecule has 2 aromatic heterocycles.